The standard InChI is InChI=1S/C15H21N3O/c1-11-9-14(10-15(2,16)18-11)17-13-5-3-12(4-6-13)7-8-19/h3-6,9-10,17-19H,7-8,16H2,1-2H3. The molecule has 0 aliphatic carbocycles. The molecule has 0 amide bonds. The fourth-order valence-electron chi connectivity index (χ4n) is 2.22. The van der Waals surface area contributed by atoms with Gasteiger partial charge in [-0.25, -0.2) is 0 Å². The number of dihydropyridines is 1. The molecule has 1 aliphatic rings. The summed E-state index contributed by atoms with van der Waals surface area (Å²) in [5.74, 6) is 0. The SMILES string of the molecule is CC1=CC(Nc2ccc(CCO)cc2)=CC(C)(N)N1. The highest BCUT2D eigenvalue weighted by molar-refractivity contribution is 5.53. The molecule has 2 rings (SSSR count). The van der Waals surface area contributed by atoms with Gasteiger partial charge in [0.15, 0.2) is 0 Å². The van der Waals surface area contributed by atoms with E-state index in [-0.39, 0.29) is 6.61 Å². The second kappa shape index (κ2) is 5.47. The van der Waals surface area contributed by atoms with E-state index < -0.39 is 5.66 Å². The van der Waals surface area contributed by atoms with Gasteiger partial charge in [0, 0.05) is 23.7 Å². The van der Waals surface area contributed by atoms with Crippen LogP contribution in [0.1, 0.15) is 19.4 Å². The molecule has 5 N–H and O–H groups in total. The molecule has 0 bridgehead atoms. The summed E-state index contributed by atoms with van der Waals surface area (Å²) in [7, 11) is 0. The lowest BCUT2D eigenvalue weighted by atomic mass is 10.1. The minimum Gasteiger partial charge on any atom is -0.396 e. The van der Waals surface area contributed by atoms with Crippen molar-refractivity contribution in [2.24, 2.45) is 5.73 Å². The Hall–Kier alpha value is -1.78. The van der Waals surface area contributed by atoms with Crippen molar-refractivity contribution in [2.75, 3.05) is 11.9 Å². The van der Waals surface area contributed by atoms with Gasteiger partial charge in [0.05, 0.1) is 0 Å². The first-order valence-corrected chi connectivity index (χ1v) is 6.43. The van der Waals surface area contributed by atoms with Crippen molar-refractivity contribution in [3.8, 4) is 0 Å². The second-order valence-electron chi connectivity index (χ2n) is 5.13. The first-order chi connectivity index (χ1) is 8.98. The normalized spacial score (nSPS) is 22.3. The largest absolute Gasteiger partial charge is 0.396 e. The van der Waals surface area contributed by atoms with Crippen molar-refractivity contribution in [2.45, 2.75) is 25.9 Å². The predicted octanol–water partition coefficient (Wildman–Crippen LogP) is 1.70. The summed E-state index contributed by atoms with van der Waals surface area (Å²) in [4.78, 5) is 0. The van der Waals surface area contributed by atoms with E-state index in [1.807, 2.05) is 50.3 Å². The minimum atomic E-state index is -0.530. The van der Waals surface area contributed by atoms with Crippen molar-refractivity contribution < 1.29 is 5.11 Å². The van der Waals surface area contributed by atoms with Crippen LogP contribution in [0, 0.1) is 0 Å². The van der Waals surface area contributed by atoms with Crippen molar-refractivity contribution in [1.29, 1.82) is 0 Å². The summed E-state index contributed by atoms with van der Waals surface area (Å²) in [6, 6.07) is 8.03. The summed E-state index contributed by atoms with van der Waals surface area (Å²) >= 11 is 0. The lowest BCUT2D eigenvalue weighted by Crippen LogP contribution is -2.50. The van der Waals surface area contributed by atoms with Gasteiger partial charge in [-0.05, 0) is 50.1 Å². The van der Waals surface area contributed by atoms with Crippen LogP contribution in [0.3, 0.4) is 0 Å². The summed E-state index contributed by atoms with van der Waals surface area (Å²) in [6.07, 6.45) is 4.67. The van der Waals surface area contributed by atoms with E-state index in [9.17, 15) is 0 Å². The Bertz CT molecular complexity index is 501. The van der Waals surface area contributed by atoms with Gasteiger partial charge < -0.3 is 21.5 Å². The van der Waals surface area contributed by atoms with Crippen LogP contribution in [0.4, 0.5) is 5.69 Å². The first kappa shape index (κ1) is 13.6. The fourth-order valence-corrected chi connectivity index (χ4v) is 2.22. The molecule has 0 spiro atoms. The van der Waals surface area contributed by atoms with E-state index in [1.54, 1.807) is 0 Å². The molecule has 0 aromatic heterocycles. The molecule has 102 valence electrons. The molecule has 1 atom stereocenters. The van der Waals surface area contributed by atoms with E-state index in [1.165, 1.54) is 0 Å². The van der Waals surface area contributed by atoms with Crippen LogP contribution in [-0.4, -0.2) is 17.4 Å². The average Bonchev–Trinajstić information content (AvgIpc) is 2.29. The lowest BCUT2D eigenvalue weighted by Gasteiger charge is -2.29. The van der Waals surface area contributed by atoms with Gasteiger partial charge in [-0.3, -0.25) is 0 Å². The molecular formula is C15H21N3O. The smallest absolute Gasteiger partial charge is 0.104 e. The van der Waals surface area contributed by atoms with Crippen LogP contribution in [0.5, 0.6) is 0 Å². The molecule has 0 fully saturated rings. The zero-order valence-electron chi connectivity index (χ0n) is 11.4. The average molecular weight is 259 g/mol. The number of aliphatic hydroxyl groups is 1. The zero-order chi connectivity index (χ0) is 13.9. The highest BCUT2D eigenvalue weighted by Gasteiger charge is 2.19. The third-order valence-electron chi connectivity index (χ3n) is 2.94. The summed E-state index contributed by atoms with van der Waals surface area (Å²) in [5, 5.41) is 15.4. The van der Waals surface area contributed by atoms with Crippen molar-refractivity contribution in [3.63, 3.8) is 0 Å². The molecule has 1 aromatic carbocycles. The van der Waals surface area contributed by atoms with Crippen LogP contribution in [-0.2, 0) is 6.42 Å². The number of allylic oxidation sites excluding steroid dienone is 2. The fraction of sp³-hybridized carbons (Fsp3) is 0.333. The molecule has 4 heteroatoms. The van der Waals surface area contributed by atoms with Gasteiger partial charge in [-0.15, -0.1) is 0 Å². The van der Waals surface area contributed by atoms with Crippen molar-refractivity contribution in [1.82, 2.24) is 5.32 Å². The Balaban J connectivity index is 2.10. The molecule has 1 unspecified atom stereocenters. The molecular weight excluding hydrogens is 238 g/mol. The van der Waals surface area contributed by atoms with Gasteiger partial charge in [0.2, 0.25) is 0 Å². The molecule has 0 saturated carbocycles. The Morgan fingerprint density at radius 1 is 1.32 bits per heavy atom. The molecule has 0 radical (unpaired) electrons. The van der Waals surface area contributed by atoms with E-state index in [2.05, 4.69) is 10.6 Å². The van der Waals surface area contributed by atoms with E-state index >= 15 is 0 Å². The minimum absolute atomic E-state index is 0.178. The number of aliphatic hydroxyl groups excluding tert-OH is 1. The van der Waals surface area contributed by atoms with Gasteiger partial charge in [0.1, 0.15) is 5.66 Å². The Morgan fingerprint density at radius 2 is 2.00 bits per heavy atom. The monoisotopic (exact) mass is 259 g/mol. The summed E-state index contributed by atoms with van der Waals surface area (Å²) in [5.41, 5.74) is 9.70. The molecule has 19 heavy (non-hydrogen) atoms. The first-order valence-electron chi connectivity index (χ1n) is 6.43. The maximum Gasteiger partial charge on any atom is 0.104 e. The third-order valence-corrected chi connectivity index (χ3v) is 2.94. The molecule has 0 saturated heterocycles. The molecule has 1 aliphatic heterocycles. The van der Waals surface area contributed by atoms with Gasteiger partial charge in [-0.2, -0.15) is 0 Å². The zero-order valence-corrected chi connectivity index (χ0v) is 11.4. The summed E-state index contributed by atoms with van der Waals surface area (Å²) in [6.45, 7) is 4.09. The molecule has 1 heterocycles. The van der Waals surface area contributed by atoms with Gasteiger partial charge >= 0.3 is 0 Å². The van der Waals surface area contributed by atoms with Crippen LogP contribution < -0.4 is 16.4 Å². The van der Waals surface area contributed by atoms with E-state index in [4.69, 9.17) is 10.8 Å². The Kier molecular flexibility index (Phi) is 3.93. The third kappa shape index (κ3) is 3.84. The number of anilines is 1. The Labute approximate surface area is 114 Å². The van der Waals surface area contributed by atoms with Crippen LogP contribution in [0.25, 0.3) is 0 Å². The van der Waals surface area contributed by atoms with E-state index in [0.717, 1.165) is 22.6 Å². The highest BCUT2D eigenvalue weighted by Crippen LogP contribution is 2.18. The topological polar surface area (TPSA) is 70.3 Å². The molecule has 4 nitrogen and oxygen atoms in total. The van der Waals surface area contributed by atoms with Crippen LogP contribution >= 0.6 is 0 Å². The number of nitrogens with one attached hydrogen (secondary N) is 2. The number of hydrogen-bond acceptors (Lipinski definition) is 4. The Morgan fingerprint density at radius 3 is 2.58 bits per heavy atom. The van der Waals surface area contributed by atoms with Gasteiger partial charge in [0.25, 0.3) is 0 Å². The quantitative estimate of drug-likeness (QED) is 0.664. The van der Waals surface area contributed by atoms with Crippen LogP contribution in [0.15, 0.2) is 47.8 Å². The van der Waals surface area contributed by atoms with Crippen molar-refractivity contribution in [3.05, 3.63) is 53.4 Å². The number of rotatable bonds is 4. The van der Waals surface area contributed by atoms with Crippen molar-refractivity contribution >= 4 is 5.69 Å². The van der Waals surface area contributed by atoms with Gasteiger partial charge in [-0.1, -0.05) is 12.1 Å². The summed E-state index contributed by atoms with van der Waals surface area (Å²) < 4.78 is 0. The maximum atomic E-state index is 8.88. The maximum absolute atomic E-state index is 8.88. The lowest BCUT2D eigenvalue weighted by molar-refractivity contribution is 0.299. The predicted molar refractivity (Wildman–Crippen MR) is 78.4 cm³/mol. The van der Waals surface area contributed by atoms with E-state index in [0.29, 0.717) is 6.42 Å². The number of nitrogens with two attached hydrogens (primary N) is 1. The number of benzene rings is 1. The highest BCUT2D eigenvalue weighted by atomic mass is 16.2. The van der Waals surface area contributed by atoms with Crippen LogP contribution in [0.2, 0.25) is 0 Å². The number of hydrogen-bond donors (Lipinski definition) is 4. The second-order valence-corrected chi connectivity index (χ2v) is 5.13. The molecule has 1 aromatic rings.